The Balaban J connectivity index is 1.48. The predicted octanol–water partition coefficient (Wildman–Crippen LogP) is 4.05. The molecule has 32 heavy (non-hydrogen) atoms. The van der Waals surface area contributed by atoms with Crippen LogP contribution >= 0.6 is 0 Å². The molecule has 0 bridgehead atoms. The first-order valence-electron chi connectivity index (χ1n) is 10.2. The highest BCUT2D eigenvalue weighted by Gasteiger charge is 2.11. The molecule has 1 aromatic carbocycles. The molecule has 0 radical (unpaired) electrons. The van der Waals surface area contributed by atoms with Gasteiger partial charge in [-0.2, -0.15) is 0 Å². The third kappa shape index (κ3) is 3.77. The van der Waals surface area contributed by atoms with Crippen LogP contribution in [0.5, 0.6) is 0 Å². The normalized spacial score (nSPS) is 11.0. The van der Waals surface area contributed by atoms with Crippen molar-refractivity contribution in [3.8, 4) is 33.6 Å². The van der Waals surface area contributed by atoms with E-state index in [1.807, 2.05) is 59.3 Å². The van der Waals surface area contributed by atoms with Crippen LogP contribution in [-0.2, 0) is 0 Å². The molecule has 0 fully saturated rings. The van der Waals surface area contributed by atoms with Crippen molar-refractivity contribution >= 4 is 11.6 Å². The lowest BCUT2D eigenvalue weighted by atomic mass is 10.1. The summed E-state index contributed by atoms with van der Waals surface area (Å²) in [4.78, 5) is 21.0. The van der Waals surface area contributed by atoms with Gasteiger partial charge in [-0.05, 0) is 53.6 Å². The Morgan fingerprint density at radius 3 is 2.59 bits per heavy atom. The van der Waals surface area contributed by atoms with Gasteiger partial charge in [0.15, 0.2) is 0 Å². The van der Waals surface area contributed by atoms with Gasteiger partial charge < -0.3 is 14.8 Å². The lowest BCUT2D eigenvalue weighted by molar-refractivity contribution is 0.0945. The van der Waals surface area contributed by atoms with E-state index in [-0.39, 0.29) is 19.1 Å². The molecule has 4 heterocycles. The summed E-state index contributed by atoms with van der Waals surface area (Å²) in [6, 6.07) is 17.2. The van der Waals surface area contributed by atoms with E-state index in [2.05, 4.69) is 15.3 Å². The van der Waals surface area contributed by atoms with Crippen molar-refractivity contribution in [3.05, 3.63) is 91.3 Å². The van der Waals surface area contributed by atoms with Crippen molar-refractivity contribution in [2.45, 2.75) is 0 Å². The molecular formula is C25H20N4O3. The maximum atomic E-state index is 12.1. The van der Waals surface area contributed by atoms with Crippen molar-refractivity contribution in [1.29, 1.82) is 0 Å². The number of imidazole rings is 1. The molecule has 2 N–H and O–H groups in total. The fourth-order valence-corrected chi connectivity index (χ4v) is 3.61. The molecule has 0 unspecified atom stereocenters. The highest BCUT2D eigenvalue weighted by molar-refractivity contribution is 5.94. The van der Waals surface area contributed by atoms with Crippen LogP contribution in [0, 0.1) is 0 Å². The zero-order valence-electron chi connectivity index (χ0n) is 17.1. The first kappa shape index (κ1) is 19.7. The smallest absolute Gasteiger partial charge is 0.251 e. The summed E-state index contributed by atoms with van der Waals surface area (Å²) in [6.07, 6.45) is 8.97. The van der Waals surface area contributed by atoms with E-state index in [1.54, 1.807) is 30.9 Å². The standard InChI is InChI=1S/C25H20N4O3/c30-11-10-27-25(31)18-3-1-17(2-4-18)20-5-6-24-28-14-23(29(24)15-20)19-7-9-26-22(13-19)21-8-12-32-16-21/h1-9,12-16,30H,10-11H2,(H,27,31). The first-order chi connectivity index (χ1) is 15.7. The van der Waals surface area contributed by atoms with Crippen LogP contribution in [0.2, 0.25) is 0 Å². The second-order valence-electron chi connectivity index (χ2n) is 7.29. The largest absolute Gasteiger partial charge is 0.472 e. The number of furan rings is 1. The molecule has 0 aliphatic heterocycles. The summed E-state index contributed by atoms with van der Waals surface area (Å²) >= 11 is 0. The summed E-state index contributed by atoms with van der Waals surface area (Å²) in [7, 11) is 0. The van der Waals surface area contributed by atoms with Gasteiger partial charge in [-0.3, -0.25) is 14.2 Å². The number of aromatic nitrogens is 3. The minimum absolute atomic E-state index is 0.0852. The van der Waals surface area contributed by atoms with E-state index >= 15 is 0 Å². The lowest BCUT2D eigenvalue weighted by Gasteiger charge is -2.08. The van der Waals surface area contributed by atoms with Crippen LogP contribution in [0.4, 0.5) is 0 Å². The van der Waals surface area contributed by atoms with Crippen molar-refractivity contribution in [2.75, 3.05) is 13.2 Å². The number of carbonyl (C=O) groups is 1. The Labute approximate surface area is 184 Å². The van der Waals surface area contributed by atoms with E-state index in [4.69, 9.17) is 9.52 Å². The Kier molecular flexibility index (Phi) is 5.23. The zero-order chi connectivity index (χ0) is 21.9. The second-order valence-corrected chi connectivity index (χ2v) is 7.29. The molecule has 1 amide bonds. The summed E-state index contributed by atoms with van der Waals surface area (Å²) < 4.78 is 7.23. The summed E-state index contributed by atoms with van der Waals surface area (Å²) in [5.41, 5.74) is 7.08. The van der Waals surface area contributed by atoms with Gasteiger partial charge in [-0.15, -0.1) is 0 Å². The average Bonchev–Trinajstić information content (AvgIpc) is 3.53. The topological polar surface area (TPSA) is 92.7 Å². The summed E-state index contributed by atoms with van der Waals surface area (Å²) in [5, 5.41) is 11.5. The molecule has 7 heteroatoms. The lowest BCUT2D eigenvalue weighted by Crippen LogP contribution is -2.26. The molecule has 0 saturated carbocycles. The molecule has 4 aromatic heterocycles. The van der Waals surface area contributed by atoms with Crippen molar-refractivity contribution < 1.29 is 14.3 Å². The van der Waals surface area contributed by atoms with Crippen molar-refractivity contribution in [1.82, 2.24) is 19.7 Å². The van der Waals surface area contributed by atoms with Gasteiger partial charge in [0.1, 0.15) is 5.65 Å². The van der Waals surface area contributed by atoms with Gasteiger partial charge in [0.05, 0.1) is 36.7 Å². The monoisotopic (exact) mass is 424 g/mol. The fraction of sp³-hybridized carbons (Fsp3) is 0.0800. The number of pyridine rings is 2. The minimum atomic E-state index is -0.205. The van der Waals surface area contributed by atoms with Crippen LogP contribution in [0.3, 0.4) is 0 Å². The van der Waals surface area contributed by atoms with Crippen LogP contribution in [0.25, 0.3) is 39.3 Å². The summed E-state index contributed by atoms with van der Waals surface area (Å²) in [5.74, 6) is -0.205. The van der Waals surface area contributed by atoms with E-state index in [1.165, 1.54) is 0 Å². The number of aliphatic hydroxyl groups excluding tert-OH is 1. The SMILES string of the molecule is O=C(NCCO)c1ccc(-c2ccc3ncc(-c4ccnc(-c5ccoc5)c4)n3c2)cc1. The van der Waals surface area contributed by atoms with Gasteiger partial charge >= 0.3 is 0 Å². The van der Waals surface area contributed by atoms with Gasteiger partial charge in [-0.25, -0.2) is 4.98 Å². The van der Waals surface area contributed by atoms with Crippen LogP contribution in [-0.4, -0.2) is 38.5 Å². The zero-order valence-corrected chi connectivity index (χ0v) is 17.1. The van der Waals surface area contributed by atoms with E-state index in [0.29, 0.717) is 5.56 Å². The number of nitrogens with zero attached hydrogens (tertiary/aromatic N) is 3. The number of nitrogens with one attached hydrogen (secondary N) is 1. The van der Waals surface area contributed by atoms with Gasteiger partial charge in [0.25, 0.3) is 5.91 Å². The predicted molar refractivity (Wildman–Crippen MR) is 121 cm³/mol. The molecule has 7 nitrogen and oxygen atoms in total. The molecule has 5 rings (SSSR count). The molecule has 0 aliphatic carbocycles. The van der Waals surface area contributed by atoms with Gasteiger partial charge in [-0.1, -0.05) is 12.1 Å². The Morgan fingerprint density at radius 1 is 0.969 bits per heavy atom. The molecule has 0 atom stereocenters. The quantitative estimate of drug-likeness (QED) is 0.429. The first-order valence-corrected chi connectivity index (χ1v) is 10.2. The fourth-order valence-electron chi connectivity index (χ4n) is 3.61. The number of rotatable bonds is 6. The van der Waals surface area contributed by atoms with Crippen LogP contribution in [0.1, 0.15) is 10.4 Å². The van der Waals surface area contributed by atoms with Crippen molar-refractivity contribution in [3.63, 3.8) is 0 Å². The maximum Gasteiger partial charge on any atom is 0.251 e. The molecule has 5 aromatic rings. The number of benzene rings is 1. The highest BCUT2D eigenvalue weighted by Crippen LogP contribution is 2.28. The van der Waals surface area contributed by atoms with Crippen molar-refractivity contribution in [2.24, 2.45) is 0 Å². The van der Waals surface area contributed by atoms with Gasteiger partial charge in [0.2, 0.25) is 0 Å². The number of amides is 1. The number of fused-ring (bicyclic) bond motifs is 1. The van der Waals surface area contributed by atoms with Crippen LogP contribution < -0.4 is 5.32 Å². The Hall–Kier alpha value is -4.23. The van der Waals surface area contributed by atoms with E-state index < -0.39 is 0 Å². The Bertz CT molecular complexity index is 1370. The third-order valence-electron chi connectivity index (χ3n) is 5.26. The minimum Gasteiger partial charge on any atom is -0.472 e. The van der Waals surface area contributed by atoms with Crippen LogP contribution in [0.15, 0.2) is 90.1 Å². The number of hydrogen-bond acceptors (Lipinski definition) is 5. The maximum absolute atomic E-state index is 12.1. The average molecular weight is 424 g/mol. The number of carbonyl (C=O) groups excluding carboxylic acids is 1. The number of aliphatic hydroxyl groups is 1. The van der Waals surface area contributed by atoms with E-state index in [9.17, 15) is 4.79 Å². The third-order valence-corrected chi connectivity index (χ3v) is 5.26. The highest BCUT2D eigenvalue weighted by atomic mass is 16.3. The van der Waals surface area contributed by atoms with Gasteiger partial charge in [0, 0.05) is 35.6 Å². The molecule has 158 valence electrons. The summed E-state index contributed by atoms with van der Waals surface area (Å²) in [6.45, 7) is 0.149. The Morgan fingerprint density at radius 2 is 1.81 bits per heavy atom. The molecule has 0 aliphatic rings. The molecule has 0 saturated heterocycles. The molecule has 0 spiro atoms. The second kappa shape index (κ2) is 8.49. The molecular weight excluding hydrogens is 404 g/mol. The van der Waals surface area contributed by atoms with E-state index in [0.717, 1.165) is 39.3 Å². The number of hydrogen-bond donors (Lipinski definition) is 2.